The van der Waals surface area contributed by atoms with Crippen LogP contribution in [0.5, 0.6) is 0 Å². The summed E-state index contributed by atoms with van der Waals surface area (Å²) in [7, 11) is 0. The molecule has 3 N–H and O–H groups in total. The van der Waals surface area contributed by atoms with Crippen molar-refractivity contribution >= 4 is 5.97 Å². The number of aliphatic carboxylic acids is 1. The Bertz CT molecular complexity index is 363. The van der Waals surface area contributed by atoms with Crippen molar-refractivity contribution in [3.63, 3.8) is 0 Å². The first-order valence-corrected chi connectivity index (χ1v) is 4.60. The molecule has 0 aliphatic heterocycles. The lowest BCUT2D eigenvalue weighted by molar-refractivity contribution is -0.148. The van der Waals surface area contributed by atoms with E-state index in [0.29, 0.717) is 18.6 Å². The zero-order chi connectivity index (χ0) is 10.3. The highest BCUT2D eigenvalue weighted by atomic mass is 16.4. The van der Waals surface area contributed by atoms with E-state index < -0.39 is 11.4 Å². The van der Waals surface area contributed by atoms with Gasteiger partial charge < -0.3 is 15.3 Å². The number of carboxylic acids is 1. The normalized spacial score (nSPS) is 31.1. The monoisotopic (exact) mass is 195 g/mol. The van der Waals surface area contributed by atoms with E-state index in [1.807, 2.05) is 0 Å². The van der Waals surface area contributed by atoms with Gasteiger partial charge in [-0.1, -0.05) is 0 Å². The second-order valence-corrected chi connectivity index (χ2v) is 3.95. The Morgan fingerprint density at radius 2 is 2.36 bits per heavy atom. The molecule has 0 spiro atoms. The maximum absolute atomic E-state index is 11.2. The number of hydrogen-bond donors (Lipinski definition) is 2. The van der Waals surface area contributed by atoms with Gasteiger partial charge in [0.2, 0.25) is 0 Å². The lowest BCUT2D eigenvalue weighted by Gasteiger charge is -2.42. The average molecular weight is 195 g/mol. The van der Waals surface area contributed by atoms with Crippen LogP contribution in [-0.2, 0) is 10.2 Å². The third-order valence-corrected chi connectivity index (χ3v) is 3.01. The van der Waals surface area contributed by atoms with Gasteiger partial charge in [0.1, 0.15) is 5.76 Å². The van der Waals surface area contributed by atoms with Gasteiger partial charge in [0.25, 0.3) is 0 Å². The molecule has 4 heteroatoms. The zero-order valence-electron chi connectivity index (χ0n) is 7.99. The van der Waals surface area contributed by atoms with Gasteiger partial charge in [0, 0.05) is 11.6 Å². The van der Waals surface area contributed by atoms with Crippen molar-refractivity contribution in [1.29, 1.82) is 0 Å². The van der Waals surface area contributed by atoms with Crippen LogP contribution in [0.2, 0.25) is 0 Å². The van der Waals surface area contributed by atoms with Crippen molar-refractivity contribution in [2.45, 2.75) is 31.2 Å². The van der Waals surface area contributed by atoms with Gasteiger partial charge >= 0.3 is 5.97 Å². The third kappa shape index (κ3) is 1.07. The van der Waals surface area contributed by atoms with Crippen molar-refractivity contribution in [3.8, 4) is 0 Å². The number of nitrogens with two attached hydrogens (primary N) is 1. The number of carbonyl (C=O) groups is 1. The Hall–Kier alpha value is -1.29. The van der Waals surface area contributed by atoms with Crippen molar-refractivity contribution < 1.29 is 14.3 Å². The van der Waals surface area contributed by atoms with E-state index in [2.05, 4.69) is 0 Å². The van der Waals surface area contributed by atoms with Crippen molar-refractivity contribution in [2.75, 3.05) is 0 Å². The molecule has 14 heavy (non-hydrogen) atoms. The average Bonchev–Trinajstić information content (AvgIpc) is 2.45. The van der Waals surface area contributed by atoms with Crippen LogP contribution in [-0.4, -0.2) is 17.1 Å². The van der Waals surface area contributed by atoms with Crippen LogP contribution in [0.15, 0.2) is 16.7 Å². The van der Waals surface area contributed by atoms with Crippen LogP contribution in [0, 0.1) is 6.92 Å². The minimum Gasteiger partial charge on any atom is -0.481 e. The minimum atomic E-state index is -0.802. The van der Waals surface area contributed by atoms with Gasteiger partial charge in [-0.25, -0.2) is 0 Å². The predicted octanol–water partition coefficient (Wildman–Crippen LogP) is 1.03. The molecule has 1 heterocycles. The van der Waals surface area contributed by atoms with E-state index in [1.54, 1.807) is 13.0 Å². The summed E-state index contributed by atoms with van der Waals surface area (Å²) in [6, 6.07) is 1.73. The second-order valence-electron chi connectivity index (χ2n) is 3.95. The molecule has 1 aromatic rings. The SMILES string of the molecule is Cc1occc1C1(C(=O)O)CC(N)C1. The van der Waals surface area contributed by atoms with E-state index >= 15 is 0 Å². The van der Waals surface area contributed by atoms with Crippen LogP contribution >= 0.6 is 0 Å². The molecule has 0 radical (unpaired) electrons. The molecule has 0 bridgehead atoms. The molecule has 1 saturated carbocycles. The Balaban J connectivity index is 2.39. The molecule has 0 aromatic carbocycles. The summed E-state index contributed by atoms with van der Waals surface area (Å²) < 4.78 is 5.13. The summed E-state index contributed by atoms with van der Waals surface area (Å²) >= 11 is 0. The summed E-state index contributed by atoms with van der Waals surface area (Å²) in [5, 5.41) is 9.20. The molecule has 0 atom stereocenters. The van der Waals surface area contributed by atoms with E-state index in [9.17, 15) is 9.90 Å². The molecule has 1 fully saturated rings. The lowest BCUT2D eigenvalue weighted by atomic mass is 9.62. The molecular formula is C10H13NO3. The standard InChI is InChI=1S/C10H13NO3/c1-6-8(2-3-14-6)10(9(12)13)4-7(11)5-10/h2-3,7H,4-5,11H2,1H3,(H,12,13). The predicted molar refractivity (Wildman–Crippen MR) is 50.0 cm³/mol. The molecule has 1 aromatic heterocycles. The van der Waals surface area contributed by atoms with E-state index in [4.69, 9.17) is 10.2 Å². The fourth-order valence-electron chi connectivity index (χ4n) is 2.23. The number of hydrogen-bond acceptors (Lipinski definition) is 3. The van der Waals surface area contributed by atoms with Crippen LogP contribution in [0.25, 0.3) is 0 Å². The molecule has 1 aliphatic rings. The minimum absolute atomic E-state index is 0.000370. The summed E-state index contributed by atoms with van der Waals surface area (Å²) in [5.74, 6) is -0.122. The number of aryl methyl sites for hydroxylation is 1. The van der Waals surface area contributed by atoms with E-state index in [0.717, 1.165) is 5.56 Å². The quantitative estimate of drug-likeness (QED) is 0.739. The van der Waals surface area contributed by atoms with Crippen LogP contribution in [0.4, 0.5) is 0 Å². The zero-order valence-corrected chi connectivity index (χ0v) is 7.99. The molecule has 2 rings (SSSR count). The Kier molecular flexibility index (Phi) is 1.89. The lowest BCUT2D eigenvalue weighted by Crippen LogP contribution is -2.54. The Morgan fingerprint density at radius 3 is 2.71 bits per heavy atom. The Labute approximate surface area is 81.7 Å². The number of carboxylic acid groups (broad SMARTS) is 1. The maximum Gasteiger partial charge on any atom is 0.314 e. The van der Waals surface area contributed by atoms with E-state index in [-0.39, 0.29) is 6.04 Å². The van der Waals surface area contributed by atoms with Crippen LogP contribution in [0.1, 0.15) is 24.2 Å². The highest BCUT2D eigenvalue weighted by molar-refractivity contribution is 5.83. The molecule has 76 valence electrons. The smallest absolute Gasteiger partial charge is 0.314 e. The molecule has 0 unspecified atom stereocenters. The molecule has 1 aliphatic carbocycles. The first kappa shape index (κ1) is 9.27. The molecule has 0 saturated heterocycles. The van der Waals surface area contributed by atoms with Crippen molar-refractivity contribution in [2.24, 2.45) is 5.73 Å². The fraction of sp³-hybridized carbons (Fsp3) is 0.500. The van der Waals surface area contributed by atoms with Gasteiger partial charge in [0.05, 0.1) is 11.7 Å². The van der Waals surface area contributed by atoms with Gasteiger partial charge in [-0.3, -0.25) is 4.79 Å². The van der Waals surface area contributed by atoms with Crippen molar-refractivity contribution in [1.82, 2.24) is 0 Å². The Morgan fingerprint density at radius 1 is 1.71 bits per heavy atom. The fourth-order valence-corrected chi connectivity index (χ4v) is 2.23. The van der Waals surface area contributed by atoms with Crippen LogP contribution in [0.3, 0.4) is 0 Å². The summed E-state index contributed by atoms with van der Waals surface area (Å²) in [4.78, 5) is 11.2. The third-order valence-electron chi connectivity index (χ3n) is 3.01. The molecule has 0 amide bonds. The summed E-state index contributed by atoms with van der Waals surface area (Å²) in [5.41, 5.74) is 5.63. The maximum atomic E-state index is 11.2. The largest absolute Gasteiger partial charge is 0.481 e. The summed E-state index contributed by atoms with van der Waals surface area (Å²) in [6.07, 6.45) is 2.53. The summed E-state index contributed by atoms with van der Waals surface area (Å²) in [6.45, 7) is 1.78. The highest BCUT2D eigenvalue weighted by Gasteiger charge is 2.51. The van der Waals surface area contributed by atoms with Crippen molar-refractivity contribution in [3.05, 3.63) is 23.7 Å². The van der Waals surface area contributed by atoms with Crippen LogP contribution < -0.4 is 5.73 Å². The molecular weight excluding hydrogens is 182 g/mol. The highest BCUT2D eigenvalue weighted by Crippen LogP contribution is 2.44. The van der Waals surface area contributed by atoms with E-state index in [1.165, 1.54) is 6.26 Å². The van der Waals surface area contributed by atoms with Gasteiger partial charge in [0.15, 0.2) is 0 Å². The van der Waals surface area contributed by atoms with Gasteiger partial charge in [-0.2, -0.15) is 0 Å². The number of rotatable bonds is 2. The molecule has 4 nitrogen and oxygen atoms in total. The van der Waals surface area contributed by atoms with Gasteiger partial charge in [-0.05, 0) is 25.8 Å². The topological polar surface area (TPSA) is 76.5 Å². The second kappa shape index (κ2) is 2.85. The first-order chi connectivity index (χ1) is 6.56. The number of furan rings is 1. The van der Waals surface area contributed by atoms with Gasteiger partial charge in [-0.15, -0.1) is 0 Å². The first-order valence-electron chi connectivity index (χ1n) is 4.60.